The molecule has 5 nitrogen and oxygen atoms in total. The van der Waals surface area contributed by atoms with E-state index in [1.54, 1.807) is 0 Å². The second-order valence-electron chi connectivity index (χ2n) is 3.15. The minimum atomic E-state index is 0.313. The SMILES string of the molecule is NC(CCCN1CCOCC1)=NO. The van der Waals surface area contributed by atoms with Crippen molar-refractivity contribution in [1.82, 2.24) is 4.90 Å². The van der Waals surface area contributed by atoms with Crippen LogP contribution in [0.1, 0.15) is 12.8 Å². The maximum atomic E-state index is 8.30. The number of hydrogen-bond acceptors (Lipinski definition) is 4. The predicted octanol–water partition coefficient (Wildman–Crippen LogP) is -0.155. The summed E-state index contributed by atoms with van der Waals surface area (Å²) in [6.45, 7) is 4.64. The summed E-state index contributed by atoms with van der Waals surface area (Å²) in [5, 5.41) is 11.2. The lowest BCUT2D eigenvalue weighted by Gasteiger charge is -2.26. The Bertz CT molecular complexity index is 167. The molecule has 0 aliphatic carbocycles. The molecule has 13 heavy (non-hydrogen) atoms. The molecule has 0 aromatic heterocycles. The summed E-state index contributed by atoms with van der Waals surface area (Å²) in [7, 11) is 0. The van der Waals surface area contributed by atoms with E-state index in [1.165, 1.54) is 0 Å². The zero-order valence-corrected chi connectivity index (χ0v) is 7.78. The number of hydrogen-bond donors (Lipinski definition) is 2. The molecule has 0 amide bonds. The highest BCUT2D eigenvalue weighted by Crippen LogP contribution is 1.99. The number of oxime groups is 1. The molecule has 0 spiro atoms. The molecule has 1 aliphatic rings. The van der Waals surface area contributed by atoms with E-state index >= 15 is 0 Å². The van der Waals surface area contributed by atoms with Gasteiger partial charge in [0.2, 0.25) is 0 Å². The zero-order valence-electron chi connectivity index (χ0n) is 7.78. The summed E-state index contributed by atoms with van der Waals surface area (Å²) in [4.78, 5) is 2.33. The molecule has 1 heterocycles. The van der Waals surface area contributed by atoms with Crippen LogP contribution >= 0.6 is 0 Å². The second-order valence-corrected chi connectivity index (χ2v) is 3.15. The molecule has 5 heteroatoms. The first-order valence-electron chi connectivity index (χ1n) is 4.59. The van der Waals surface area contributed by atoms with Crippen molar-refractivity contribution >= 4 is 5.84 Å². The Kier molecular flexibility index (Phi) is 4.56. The fourth-order valence-corrected chi connectivity index (χ4v) is 1.36. The maximum absolute atomic E-state index is 8.30. The van der Waals surface area contributed by atoms with Gasteiger partial charge in [-0.2, -0.15) is 0 Å². The van der Waals surface area contributed by atoms with Crippen LogP contribution in [-0.2, 0) is 4.74 Å². The quantitative estimate of drug-likeness (QED) is 0.278. The molecule has 1 aliphatic heterocycles. The van der Waals surface area contributed by atoms with Gasteiger partial charge >= 0.3 is 0 Å². The van der Waals surface area contributed by atoms with Gasteiger partial charge in [0.15, 0.2) is 0 Å². The second kappa shape index (κ2) is 5.77. The number of nitrogens with two attached hydrogens (primary N) is 1. The minimum absolute atomic E-state index is 0.313. The Balaban J connectivity index is 2.04. The predicted molar refractivity (Wildman–Crippen MR) is 49.9 cm³/mol. The molecule has 0 bridgehead atoms. The molecule has 0 aromatic carbocycles. The van der Waals surface area contributed by atoms with Crippen molar-refractivity contribution in [2.75, 3.05) is 32.8 Å². The standard InChI is InChI=1S/C8H17N3O2/c9-8(10-12)2-1-3-11-4-6-13-7-5-11/h12H,1-7H2,(H2,9,10). The Hall–Kier alpha value is -0.810. The highest BCUT2D eigenvalue weighted by Gasteiger charge is 2.09. The highest BCUT2D eigenvalue weighted by molar-refractivity contribution is 5.79. The molecule has 1 fully saturated rings. The number of amidine groups is 1. The van der Waals surface area contributed by atoms with Gasteiger partial charge in [0.1, 0.15) is 5.84 Å². The molecule has 1 rings (SSSR count). The topological polar surface area (TPSA) is 71.1 Å². The summed E-state index contributed by atoms with van der Waals surface area (Å²) < 4.78 is 5.22. The third-order valence-corrected chi connectivity index (χ3v) is 2.14. The average molecular weight is 187 g/mol. The molecule has 0 atom stereocenters. The Morgan fingerprint density at radius 1 is 1.46 bits per heavy atom. The van der Waals surface area contributed by atoms with Crippen molar-refractivity contribution in [1.29, 1.82) is 0 Å². The van der Waals surface area contributed by atoms with Gasteiger partial charge in [-0.1, -0.05) is 5.16 Å². The van der Waals surface area contributed by atoms with E-state index < -0.39 is 0 Å². The van der Waals surface area contributed by atoms with Gasteiger partial charge in [-0.25, -0.2) is 0 Å². The lowest BCUT2D eigenvalue weighted by atomic mass is 10.2. The van der Waals surface area contributed by atoms with Crippen LogP contribution in [0.4, 0.5) is 0 Å². The molecule has 0 unspecified atom stereocenters. The van der Waals surface area contributed by atoms with Gasteiger partial charge in [-0.15, -0.1) is 0 Å². The fraction of sp³-hybridized carbons (Fsp3) is 0.875. The van der Waals surface area contributed by atoms with Crippen LogP contribution in [0.3, 0.4) is 0 Å². The first kappa shape index (κ1) is 10.3. The van der Waals surface area contributed by atoms with Crippen LogP contribution in [0.15, 0.2) is 5.16 Å². The zero-order chi connectivity index (χ0) is 9.52. The lowest BCUT2D eigenvalue weighted by molar-refractivity contribution is 0.0376. The molecule has 3 N–H and O–H groups in total. The van der Waals surface area contributed by atoms with Crippen molar-refractivity contribution in [2.24, 2.45) is 10.9 Å². The molecular weight excluding hydrogens is 170 g/mol. The van der Waals surface area contributed by atoms with Crippen molar-refractivity contribution in [3.8, 4) is 0 Å². The van der Waals surface area contributed by atoms with E-state index in [9.17, 15) is 0 Å². The van der Waals surface area contributed by atoms with E-state index in [1.807, 2.05) is 0 Å². The molecular formula is C8H17N3O2. The molecule has 76 valence electrons. The summed E-state index contributed by atoms with van der Waals surface area (Å²) in [5.74, 6) is 0.313. The van der Waals surface area contributed by atoms with Gasteiger partial charge in [-0.05, 0) is 13.0 Å². The average Bonchev–Trinajstić information content (AvgIpc) is 2.19. The molecule has 0 radical (unpaired) electrons. The van der Waals surface area contributed by atoms with Gasteiger partial charge in [0.05, 0.1) is 13.2 Å². The fourth-order valence-electron chi connectivity index (χ4n) is 1.36. The molecule has 0 saturated carbocycles. The monoisotopic (exact) mass is 187 g/mol. The van der Waals surface area contributed by atoms with Gasteiger partial charge in [-0.3, -0.25) is 4.90 Å². The third kappa shape index (κ3) is 4.10. The first-order valence-corrected chi connectivity index (χ1v) is 4.59. The van der Waals surface area contributed by atoms with Crippen LogP contribution in [0, 0.1) is 0 Å². The van der Waals surface area contributed by atoms with Crippen LogP contribution in [0.25, 0.3) is 0 Å². The highest BCUT2D eigenvalue weighted by atomic mass is 16.5. The maximum Gasteiger partial charge on any atom is 0.139 e. The molecule has 0 aromatic rings. The Labute approximate surface area is 78.1 Å². The van der Waals surface area contributed by atoms with E-state index in [-0.39, 0.29) is 0 Å². The molecule has 1 saturated heterocycles. The van der Waals surface area contributed by atoms with Gasteiger partial charge in [0.25, 0.3) is 0 Å². The summed E-state index contributed by atoms with van der Waals surface area (Å²) in [6, 6.07) is 0. The van der Waals surface area contributed by atoms with E-state index in [2.05, 4.69) is 10.1 Å². The summed E-state index contributed by atoms with van der Waals surface area (Å²) in [5.41, 5.74) is 5.35. The number of morpholine rings is 1. The number of rotatable bonds is 4. The van der Waals surface area contributed by atoms with E-state index in [0.717, 1.165) is 39.3 Å². The Morgan fingerprint density at radius 3 is 2.77 bits per heavy atom. The van der Waals surface area contributed by atoms with Crippen molar-refractivity contribution in [3.63, 3.8) is 0 Å². The van der Waals surface area contributed by atoms with Crippen LogP contribution < -0.4 is 5.73 Å². The van der Waals surface area contributed by atoms with Crippen LogP contribution in [0.5, 0.6) is 0 Å². The van der Waals surface area contributed by atoms with Crippen molar-refractivity contribution in [2.45, 2.75) is 12.8 Å². The van der Waals surface area contributed by atoms with Crippen LogP contribution in [0.2, 0.25) is 0 Å². The largest absolute Gasteiger partial charge is 0.409 e. The summed E-state index contributed by atoms with van der Waals surface area (Å²) in [6.07, 6.45) is 1.60. The number of ether oxygens (including phenoxy) is 1. The normalized spacial score (nSPS) is 20.5. The first-order chi connectivity index (χ1) is 6.33. The number of nitrogens with zero attached hydrogens (tertiary/aromatic N) is 2. The van der Waals surface area contributed by atoms with Crippen molar-refractivity contribution < 1.29 is 9.94 Å². The van der Waals surface area contributed by atoms with Gasteiger partial charge in [0, 0.05) is 19.5 Å². The summed E-state index contributed by atoms with van der Waals surface area (Å²) >= 11 is 0. The Morgan fingerprint density at radius 2 is 2.15 bits per heavy atom. The minimum Gasteiger partial charge on any atom is -0.409 e. The third-order valence-electron chi connectivity index (χ3n) is 2.14. The van der Waals surface area contributed by atoms with E-state index in [0.29, 0.717) is 12.3 Å². The van der Waals surface area contributed by atoms with Crippen LogP contribution in [-0.4, -0.2) is 48.8 Å². The van der Waals surface area contributed by atoms with Crippen molar-refractivity contribution in [3.05, 3.63) is 0 Å². The van der Waals surface area contributed by atoms with E-state index in [4.69, 9.17) is 15.7 Å². The van der Waals surface area contributed by atoms with Gasteiger partial charge < -0.3 is 15.7 Å². The lowest BCUT2D eigenvalue weighted by Crippen LogP contribution is -2.37. The smallest absolute Gasteiger partial charge is 0.139 e.